The van der Waals surface area contributed by atoms with Gasteiger partial charge >= 0.3 is 6.09 Å². The van der Waals surface area contributed by atoms with Crippen molar-refractivity contribution in [2.45, 2.75) is 83.0 Å². The number of oxime groups is 1. The second-order valence-electron chi connectivity index (χ2n) is 14.8. The molecule has 2 N–H and O–H groups in total. The summed E-state index contributed by atoms with van der Waals surface area (Å²) >= 11 is 0. The van der Waals surface area contributed by atoms with Crippen LogP contribution in [0.15, 0.2) is 102 Å². The molecule has 1 fully saturated rings. The Labute approximate surface area is 331 Å². The molecule has 0 spiro atoms. The van der Waals surface area contributed by atoms with Crippen LogP contribution in [0, 0.1) is 17.8 Å². The Kier molecular flexibility index (Phi) is 14.3. The molecule has 6 atom stereocenters. The quantitative estimate of drug-likeness (QED) is 0.0704. The Morgan fingerprint density at radius 2 is 1.68 bits per heavy atom. The van der Waals surface area contributed by atoms with E-state index in [1.165, 1.54) is 7.11 Å². The van der Waals surface area contributed by atoms with Crippen molar-refractivity contribution >= 4 is 11.8 Å². The summed E-state index contributed by atoms with van der Waals surface area (Å²) in [5.41, 5.74) is 4.98. The van der Waals surface area contributed by atoms with E-state index in [4.69, 9.17) is 28.9 Å². The predicted octanol–water partition coefficient (Wildman–Crippen LogP) is 9.28. The van der Waals surface area contributed by atoms with Crippen molar-refractivity contribution in [2.24, 2.45) is 22.9 Å². The summed E-state index contributed by atoms with van der Waals surface area (Å²) in [6.07, 6.45) is 9.40. The molecule has 3 aliphatic rings. The first-order valence-corrected chi connectivity index (χ1v) is 20.3. The van der Waals surface area contributed by atoms with Crippen LogP contribution in [0.3, 0.4) is 0 Å². The molecule has 1 aliphatic heterocycles. The minimum Gasteiger partial charge on any atom is -0.459 e. The third-order valence-corrected chi connectivity index (χ3v) is 11.4. The smallest absolute Gasteiger partial charge is 0.409 e. The topological polar surface area (TPSA) is 119 Å². The number of carbonyl (C=O) groups is 1. The molecule has 300 valence electrons. The van der Waals surface area contributed by atoms with Gasteiger partial charge in [-0.25, -0.2) is 4.79 Å². The zero-order chi connectivity index (χ0) is 39.5. The van der Waals surface area contributed by atoms with Crippen LogP contribution < -0.4 is 9.47 Å². The minimum atomic E-state index is -1.33. The van der Waals surface area contributed by atoms with Crippen molar-refractivity contribution in [2.75, 3.05) is 40.1 Å². The summed E-state index contributed by atoms with van der Waals surface area (Å²) in [6.45, 7) is 9.18. The fourth-order valence-corrected chi connectivity index (χ4v) is 9.07. The summed E-state index contributed by atoms with van der Waals surface area (Å²) in [6, 6.07) is 23.7. The van der Waals surface area contributed by atoms with E-state index < -0.39 is 23.8 Å². The molecule has 10 heteroatoms. The van der Waals surface area contributed by atoms with Gasteiger partial charge in [-0.2, -0.15) is 0 Å². The van der Waals surface area contributed by atoms with E-state index in [1.54, 1.807) is 11.0 Å². The number of fused-ring (bicyclic) bond motifs is 2. The van der Waals surface area contributed by atoms with Crippen molar-refractivity contribution < 1.29 is 38.8 Å². The number of carbonyl (C=O) groups excluding carboxylic acids is 1. The number of ether oxygens (including phenoxy) is 4. The van der Waals surface area contributed by atoms with E-state index in [1.807, 2.05) is 56.3 Å². The molecule has 0 unspecified atom stereocenters. The lowest BCUT2D eigenvalue weighted by Gasteiger charge is -2.59. The normalized spacial score (nSPS) is 24.3. The maximum absolute atomic E-state index is 13.7. The lowest BCUT2D eigenvalue weighted by molar-refractivity contribution is -0.255. The number of methoxy groups -OCH3 is 1. The lowest BCUT2D eigenvalue weighted by Crippen LogP contribution is -2.70. The fourth-order valence-electron chi connectivity index (χ4n) is 9.07. The highest BCUT2D eigenvalue weighted by Crippen LogP contribution is 2.62. The summed E-state index contributed by atoms with van der Waals surface area (Å²) < 4.78 is 26.2. The van der Waals surface area contributed by atoms with Gasteiger partial charge in [0.1, 0.15) is 29.9 Å². The maximum Gasteiger partial charge on any atom is 0.409 e. The molecule has 10 nitrogen and oxygen atoms in total. The molecular weight excluding hydrogens is 709 g/mol. The number of allylic oxidation sites excluding steroid dienone is 1. The van der Waals surface area contributed by atoms with Crippen LogP contribution in [0.5, 0.6) is 17.2 Å². The molecule has 0 bridgehead atoms. The number of aliphatic hydroxyl groups is 2. The number of hydrogen-bond acceptors (Lipinski definition) is 9. The molecular formula is C46H58N2O8. The number of nitrogens with zero attached hydrogens (tertiary/aromatic N) is 2. The number of benzene rings is 3. The maximum atomic E-state index is 13.7. The Morgan fingerprint density at radius 1 is 0.964 bits per heavy atom. The molecule has 0 radical (unpaired) electrons. The average Bonchev–Trinajstić information content (AvgIpc) is 3.23. The van der Waals surface area contributed by atoms with Gasteiger partial charge in [-0.15, -0.1) is 6.58 Å². The van der Waals surface area contributed by atoms with E-state index in [0.717, 1.165) is 53.7 Å². The van der Waals surface area contributed by atoms with Gasteiger partial charge in [-0.3, -0.25) is 4.90 Å². The number of unbranched alkanes of at least 4 members (excludes halogenated alkanes) is 2. The third kappa shape index (κ3) is 8.67. The van der Waals surface area contributed by atoms with Crippen molar-refractivity contribution in [3.8, 4) is 28.4 Å². The van der Waals surface area contributed by atoms with Crippen LogP contribution in [0.4, 0.5) is 4.79 Å². The SMILES string of the molecule is C=CCO[C@@]12Oc3ccc(Oc4ccc(-c5ccccc5)cc4)cc3[C@H]3[C@H](CCCCO)[C@@H](CCCCO)C=C(C(=NOCC)C[C@@H]1N(CCC)C(=O)OC)[C@H]32. The van der Waals surface area contributed by atoms with Crippen molar-refractivity contribution in [3.05, 3.63) is 103 Å². The Balaban J connectivity index is 1.53. The van der Waals surface area contributed by atoms with E-state index in [2.05, 4.69) is 43.0 Å². The summed E-state index contributed by atoms with van der Waals surface area (Å²) in [7, 11) is 1.40. The molecule has 56 heavy (non-hydrogen) atoms. The molecule has 3 aromatic rings. The third-order valence-electron chi connectivity index (χ3n) is 11.4. The number of rotatable bonds is 19. The Bertz CT molecular complexity index is 1810. The van der Waals surface area contributed by atoms with Gasteiger partial charge < -0.3 is 34.0 Å². The predicted molar refractivity (Wildman–Crippen MR) is 218 cm³/mol. The zero-order valence-corrected chi connectivity index (χ0v) is 33.1. The van der Waals surface area contributed by atoms with Crippen LogP contribution in [-0.4, -0.2) is 78.8 Å². The minimum absolute atomic E-state index is 0.105. The second-order valence-corrected chi connectivity index (χ2v) is 14.8. The van der Waals surface area contributed by atoms with Crippen LogP contribution in [0.25, 0.3) is 11.1 Å². The molecule has 0 saturated heterocycles. The molecule has 0 aromatic heterocycles. The van der Waals surface area contributed by atoms with E-state index >= 15 is 0 Å². The van der Waals surface area contributed by atoms with Gasteiger partial charge in [0, 0.05) is 37.7 Å². The van der Waals surface area contributed by atoms with E-state index in [0.29, 0.717) is 56.1 Å². The average molecular weight is 767 g/mol. The van der Waals surface area contributed by atoms with Gasteiger partial charge in [-0.1, -0.05) is 79.5 Å². The van der Waals surface area contributed by atoms with Gasteiger partial charge in [0.2, 0.25) is 5.79 Å². The first-order valence-electron chi connectivity index (χ1n) is 20.3. The zero-order valence-electron chi connectivity index (χ0n) is 33.1. The van der Waals surface area contributed by atoms with Gasteiger partial charge in [0.25, 0.3) is 0 Å². The van der Waals surface area contributed by atoms with Crippen molar-refractivity contribution in [3.63, 3.8) is 0 Å². The Hall–Kier alpha value is -4.64. The van der Waals surface area contributed by atoms with Crippen LogP contribution in [-0.2, 0) is 14.3 Å². The van der Waals surface area contributed by atoms with Gasteiger partial charge in [-0.05, 0) is 97.9 Å². The summed E-state index contributed by atoms with van der Waals surface area (Å²) in [4.78, 5) is 21.2. The highest BCUT2D eigenvalue weighted by Gasteiger charge is 2.65. The van der Waals surface area contributed by atoms with Gasteiger partial charge in [0.05, 0.1) is 25.3 Å². The van der Waals surface area contributed by atoms with Crippen LogP contribution in [0.1, 0.15) is 76.7 Å². The molecule has 3 aromatic carbocycles. The molecule has 1 heterocycles. The van der Waals surface area contributed by atoms with Crippen molar-refractivity contribution in [1.82, 2.24) is 4.90 Å². The highest BCUT2D eigenvalue weighted by molar-refractivity contribution is 6.03. The summed E-state index contributed by atoms with van der Waals surface area (Å²) in [5.74, 6) is 0.423. The largest absolute Gasteiger partial charge is 0.459 e. The number of hydrogen-bond donors (Lipinski definition) is 2. The van der Waals surface area contributed by atoms with Gasteiger partial charge in [0.15, 0.2) is 0 Å². The van der Waals surface area contributed by atoms with Crippen LogP contribution >= 0.6 is 0 Å². The number of amides is 1. The first-order chi connectivity index (χ1) is 27.4. The van der Waals surface area contributed by atoms with E-state index in [-0.39, 0.29) is 37.6 Å². The van der Waals surface area contributed by atoms with Crippen molar-refractivity contribution in [1.29, 1.82) is 0 Å². The molecule has 1 saturated carbocycles. The molecule has 2 aliphatic carbocycles. The lowest BCUT2D eigenvalue weighted by atomic mass is 9.55. The highest BCUT2D eigenvalue weighted by atomic mass is 16.7. The monoisotopic (exact) mass is 766 g/mol. The molecule has 6 rings (SSSR count). The Morgan fingerprint density at radius 3 is 2.36 bits per heavy atom. The fraction of sp³-hybridized carbons (Fsp3) is 0.478. The summed E-state index contributed by atoms with van der Waals surface area (Å²) in [5, 5.41) is 24.4. The first kappa shape index (κ1) is 41.0. The second kappa shape index (κ2) is 19.5. The van der Waals surface area contributed by atoms with Crippen LogP contribution in [0.2, 0.25) is 0 Å². The number of aliphatic hydroxyl groups excluding tert-OH is 2. The van der Waals surface area contributed by atoms with E-state index in [9.17, 15) is 15.0 Å². The standard InChI is InChI=1S/C46H58N2O8/c1-5-25-48(45(51)52-4)42-31-40(47-54-7-3)38-29-34(17-11-13-26-49)37(18-12-14-27-50)43-39-30-36(23-24-41(39)56-46(42,44(38)43)53-28-6-2)55-35-21-19-33(20-22-35)32-15-9-8-10-16-32/h6,8-10,15-16,19-24,29-30,34,37,42-44,49-50H,2,5,7,11-14,17-18,25-28,31H2,1,3-4H3/t34-,37+,42-,43+,44+,46+/m0/s1. The molecule has 1 amide bonds.